The number of amides is 2. The first kappa shape index (κ1) is 20.5. The van der Waals surface area contributed by atoms with Crippen molar-refractivity contribution in [1.82, 2.24) is 20.2 Å². The average Bonchev–Trinajstić information content (AvgIpc) is 2.64. The first-order valence-electron chi connectivity index (χ1n) is 9.38. The number of ether oxygens (including phenoxy) is 1. The summed E-state index contributed by atoms with van der Waals surface area (Å²) in [5, 5.41) is 2.94. The van der Waals surface area contributed by atoms with Crippen molar-refractivity contribution in [3.8, 4) is 0 Å². The molecule has 1 aromatic carbocycles. The number of halogens is 1. The van der Waals surface area contributed by atoms with Gasteiger partial charge in [-0.15, -0.1) is 0 Å². The van der Waals surface area contributed by atoms with Crippen LogP contribution in [0.15, 0.2) is 28.9 Å². The molecular formula is C20H25BrN4O3. The van der Waals surface area contributed by atoms with Crippen LogP contribution in [0.3, 0.4) is 0 Å². The Balaban J connectivity index is 1.50. The topological polar surface area (TPSA) is 84.4 Å². The minimum atomic E-state index is -0.512. The molecule has 0 unspecified atom stereocenters. The highest BCUT2D eigenvalue weighted by atomic mass is 79.9. The molecule has 1 aliphatic heterocycles. The van der Waals surface area contributed by atoms with Gasteiger partial charge in [0.25, 0.3) is 0 Å². The van der Waals surface area contributed by atoms with Crippen LogP contribution in [0.5, 0.6) is 0 Å². The van der Waals surface area contributed by atoms with E-state index in [1.807, 2.05) is 39.0 Å². The van der Waals surface area contributed by atoms with E-state index in [2.05, 4.69) is 31.2 Å². The zero-order valence-electron chi connectivity index (χ0n) is 16.4. The van der Waals surface area contributed by atoms with Crippen molar-refractivity contribution in [3.05, 3.63) is 34.6 Å². The second-order valence-corrected chi connectivity index (χ2v) is 8.87. The first-order chi connectivity index (χ1) is 13.2. The maximum Gasteiger partial charge on any atom is 0.410 e. The largest absolute Gasteiger partial charge is 0.444 e. The van der Waals surface area contributed by atoms with Gasteiger partial charge in [0, 0.05) is 23.5 Å². The standard InChI is InChI=1S/C20H25BrN4O3/c1-20(2,3)28-19(27)25-8-6-13(7-9-25)18(26)23-12-15-11-22-16-5-4-14(21)10-17(16)24-15/h4-5,10-11,13H,6-9,12H2,1-3H3,(H,23,26). The van der Waals surface area contributed by atoms with Crippen molar-refractivity contribution >= 4 is 39.0 Å². The summed E-state index contributed by atoms with van der Waals surface area (Å²) in [6.07, 6.45) is 2.62. The zero-order valence-corrected chi connectivity index (χ0v) is 18.0. The van der Waals surface area contributed by atoms with Gasteiger partial charge in [-0.2, -0.15) is 0 Å². The van der Waals surface area contributed by atoms with E-state index < -0.39 is 5.60 Å². The Morgan fingerprint density at radius 1 is 1.25 bits per heavy atom. The molecule has 150 valence electrons. The number of benzene rings is 1. The number of nitrogens with zero attached hydrogens (tertiary/aromatic N) is 3. The fraction of sp³-hybridized carbons (Fsp3) is 0.500. The molecule has 2 heterocycles. The molecule has 1 N–H and O–H groups in total. The molecule has 1 aliphatic rings. The Morgan fingerprint density at radius 3 is 2.64 bits per heavy atom. The van der Waals surface area contributed by atoms with Gasteiger partial charge in [-0.05, 0) is 51.8 Å². The monoisotopic (exact) mass is 448 g/mol. The third kappa shape index (κ3) is 5.41. The molecule has 0 saturated carbocycles. The number of carbonyl (C=O) groups excluding carboxylic acids is 2. The van der Waals surface area contributed by atoms with Crippen LogP contribution < -0.4 is 5.32 Å². The number of piperidine rings is 1. The summed E-state index contributed by atoms with van der Waals surface area (Å²) >= 11 is 3.43. The minimum absolute atomic E-state index is 0.0139. The lowest BCUT2D eigenvalue weighted by Gasteiger charge is -2.32. The van der Waals surface area contributed by atoms with Gasteiger partial charge in [0.05, 0.1) is 29.5 Å². The zero-order chi connectivity index (χ0) is 20.3. The Morgan fingerprint density at radius 2 is 1.96 bits per heavy atom. The molecule has 28 heavy (non-hydrogen) atoms. The molecule has 7 nitrogen and oxygen atoms in total. The highest BCUT2D eigenvalue weighted by Crippen LogP contribution is 2.20. The summed E-state index contributed by atoms with van der Waals surface area (Å²) in [4.78, 5) is 35.2. The molecule has 8 heteroatoms. The summed E-state index contributed by atoms with van der Waals surface area (Å²) in [6.45, 7) is 6.92. The van der Waals surface area contributed by atoms with Gasteiger partial charge >= 0.3 is 6.09 Å². The molecule has 0 bridgehead atoms. The lowest BCUT2D eigenvalue weighted by atomic mass is 9.96. The number of aromatic nitrogens is 2. The van der Waals surface area contributed by atoms with Crippen LogP contribution >= 0.6 is 15.9 Å². The summed E-state index contributed by atoms with van der Waals surface area (Å²) in [6, 6.07) is 5.72. The molecule has 1 fully saturated rings. The lowest BCUT2D eigenvalue weighted by Crippen LogP contribution is -2.44. The molecule has 0 atom stereocenters. The van der Waals surface area contributed by atoms with Gasteiger partial charge in [-0.1, -0.05) is 15.9 Å². The number of likely N-dealkylation sites (tertiary alicyclic amines) is 1. The normalized spacial score (nSPS) is 15.5. The van der Waals surface area contributed by atoms with Crippen LogP contribution in [0.1, 0.15) is 39.3 Å². The summed E-state index contributed by atoms with van der Waals surface area (Å²) in [5.74, 6) is -0.124. The van der Waals surface area contributed by atoms with Crippen LogP contribution in [0.4, 0.5) is 4.79 Å². The van der Waals surface area contributed by atoms with E-state index in [1.165, 1.54) is 0 Å². The number of rotatable bonds is 3. The predicted octanol–water partition coefficient (Wildman–Crippen LogP) is 3.66. The number of hydrogen-bond acceptors (Lipinski definition) is 5. The second-order valence-electron chi connectivity index (χ2n) is 7.95. The average molecular weight is 449 g/mol. The highest BCUT2D eigenvalue weighted by molar-refractivity contribution is 9.10. The lowest BCUT2D eigenvalue weighted by molar-refractivity contribution is -0.126. The van der Waals surface area contributed by atoms with E-state index >= 15 is 0 Å². The van der Waals surface area contributed by atoms with Gasteiger partial charge in [0.2, 0.25) is 5.91 Å². The Hall–Kier alpha value is -2.22. The molecule has 2 amide bonds. The number of hydrogen-bond donors (Lipinski definition) is 1. The quantitative estimate of drug-likeness (QED) is 0.774. The van der Waals surface area contributed by atoms with Crippen LogP contribution in [0, 0.1) is 5.92 Å². The van der Waals surface area contributed by atoms with Crippen molar-refractivity contribution in [3.63, 3.8) is 0 Å². The number of fused-ring (bicyclic) bond motifs is 1. The maximum absolute atomic E-state index is 12.5. The maximum atomic E-state index is 12.5. The third-order valence-electron chi connectivity index (χ3n) is 4.52. The van der Waals surface area contributed by atoms with Crippen LogP contribution in [-0.2, 0) is 16.1 Å². The van der Waals surface area contributed by atoms with Gasteiger partial charge in [-0.25, -0.2) is 9.78 Å². The second kappa shape index (κ2) is 8.43. The Bertz CT molecular complexity index is 873. The molecule has 0 aliphatic carbocycles. The Labute approximate surface area is 173 Å². The van der Waals surface area contributed by atoms with Gasteiger partial charge in [-0.3, -0.25) is 9.78 Å². The molecule has 2 aromatic rings. The SMILES string of the molecule is CC(C)(C)OC(=O)N1CCC(C(=O)NCc2cnc3ccc(Br)cc3n2)CC1. The first-order valence-corrected chi connectivity index (χ1v) is 10.2. The Kier molecular flexibility index (Phi) is 6.17. The smallest absolute Gasteiger partial charge is 0.410 e. The number of nitrogens with one attached hydrogen (secondary N) is 1. The van der Waals surface area contributed by atoms with Crippen LogP contribution in [0.25, 0.3) is 11.0 Å². The van der Waals surface area contributed by atoms with Gasteiger partial charge in [0.1, 0.15) is 5.60 Å². The summed E-state index contributed by atoms with van der Waals surface area (Å²) < 4.78 is 6.33. The fourth-order valence-electron chi connectivity index (χ4n) is 3.08. The van der Waals surface area contributed by atoms with Crippen LogP contribution in [-0.4, -0.2) is 45.6 Å². The van der Waals surface area contributed by atoms with Crippen LogP contribution in [0.2, 0.25) is 0 Å². The molecule has 1 saturated heterocycles. The minimum Gasteiger partial charge on any atom is -0.444 e. The van der Waals surface area contributed by atoms with Gasteiger partial charge in [0.15, 0.2) is 0 Å². The van der Waals surface area contributed by atoms with Gasteiger partial charge < -0.3 is 15.0 Å². The molecule has 1 aromatic heterocycles. The molecule has 0 radical (unpaired) electrons. The molecule has 3 rings (SSSR count). The molecule has 0 spiro atoms. The van der Waals surface area contributed by atoms with E-state index in [0.717, 1.165) is 15.5 Å². The van der Waals surface area contributed by atoms with Crippen molar-refractivity contribution in [1.29, 1.82) is 0 Å². The van der Waals surface area contributed by atoms with Crippen molar-refractivity contribution < 1.29 is 14.3 Å². The fourth-order valence-corrected chi connectivity index (χ4v) is 3.43. The van der Waals surface area contributed by atoms with Crippen molar-refractivity contribution in [2.75, 3.05) is 13.1 Å². The van der Waals surface area contributed by atoms with E-state index in [1.54, 1.807) is 11.1 Å². The van der Waals surface area contributed by atoms with E-state index in [0.29, 0.717) is 38.2 Å². The summed E-state index contributed by atoms with van der Waals surface area (Å²) in [7, 11) is 0. The summed E-state index contributed by atoms with van der Waals surface area (Å²) in [5.41, 5.74) is 1.80. The van der Waals surface area contributed by atoms with Crippen molar-refractivity contribution in [2.45, 2.75) is 45.8 Å². The van der Waals surface area contributed by atoms with E-state index in [9.17, 15) is 9.59 Å². The highest BCUT2D eigenvalue weighted by Gasteiger charge is 2.29. The number of carbonyl (C=O) groups is 2. The molecular weight excluding hydrogens is 424 g/mol. The van der Waals surface area contributed by atoms with E-state index in [4.69, 9.17) is 4.74 Å². The van der Waals surface area contributed by atoms with Crippen molar-refractivity contribution in [2.24, 2.45) is 5.92 Å². The predicted molar refractivity (Wildman–Crippen MR) is 110 cm³/mol. The third-order valence-corrected chi connectivity index (χ3v) is 5.01. The van der Waals surface area contributed by atoms with E-state index in [-0.39, 0.29) is 17.9 Å².